The molecule has 0 aliphatic carbocycles. The molecule has 1 N–H and O–H groups in total. The Morgan fingerprint density at radius 1 is 0.967 bits per heavy atom. The lowest BCUT2D eigenvalue weighted by atomic mass is 10.2. The van der Waals surface area contributed by atoms with Crippen molar-refractivity contribution >= 4 is 34.6 Å². The Labute approximate surface area is 179 Å². The minimum absolute atomic E-state index is 0.324. The third kappa shape index (κ3) is 4.82. The first-order chi connectivity index (χ1) is 14.7. The van der Waals surface area contributed by atoms with Gasteiger partial charge in [0.1, 0.15) is 17.9 Å². The van der Waals surface area contributed by atoms with Crippen LogP contribution in [0.4, 0.5) is 0 Å². The number of ether oxygens (including phenoxy) is 1. The first-order valence-electron chi connectivity index (χ1n) is 9.34. The third-order valence-corrected chi connectivity index (χ3v) is 4.66. The molecule has 0 bridgehead atoms. The van der Waals surface area contributed by atoms with E-state index in [-0.39, 0.29) is 5.91 Å². The Balaban J connectivity index is 1.48. The predicted octanol–water partition coefficient (Wildman–Crippen LogP) is 5.23. The molecular weight excluding hydrogens is 398 g/mol. The maximum Gasteiger partial charge on any atom is 0.271 e. The smallest absolute Gasteiger partial charge is 0.271 e. The summed E-state index contributed by atoms with van der Waals surface area (Å²) in [6.45, 7) is 0.455. The van der Waals surface area contributed by atoms with E-state index >= 15 is 0 Å². The van der Waals surface area contributed by atoms with Crippen LogP contribution >= 0.6 is 11.6 Å². The van der Waals surface area contributed by atoms with Gasteiger partial charge in [0.05, 0.1) is 11.9 Å². The minimum atomic E-state index is -0.324. The molecule has 3 aromatic carbocycles. The SMILES string of the molecule is O=C(N/N=C\c1ccc2cccc(OCc3ccccc3)c2n1)c1ccc(Cl)cc1. The fourth-order valence-corrected chi connectivity index (χ4v) is 3.01. The molecule has 6 heteroatoms. The number of rotatable bonds is 6. The van der Waals surface area contributed by atoms with Gasteiger partial charge in [-0.2, -0.15) is 5.10 Å². The van der Waals surface area contributed by atoms with Crippen LogP contribution in [-0.2, 0) is 6.61 Å². The number of hydrogen-bond acceptors (Lipinski definition) is 4. The minimum Gasteiger partial charge on any atom is -0.487 e. The van der Waals surface area contributed by atoms with E-state index in [4.69, 9.17) is 16.3 Å². The van der Waals surface area contributed by atoms with Gasteiger partial charge in [0.15, 0.2) is 0 Å². The van der Waals surface area contributed by atoms with Gasteiger partial charge in [0.25, 0.3) is 5.91 Å². The van der Waals surface area contributed by atoms with Crippen molar-refractivity contribution in [3.63, 3.8) is 0 Å². The second kappa shape index (κ2) is 9.20. The van der Waals surface area contributed by atoms with Crippen molar-refractivity contribution in [2.45, 2.75) is 6.61 Å². The van der Waals surface area contributed by atoms with E-state index in [2.05, 4.69) is 15.5 Å². The molecule has 0 fully saturated rings. The molecule has 30 heavy (non-hydrogen) atoms. The summed E-state index contributed by atoms with van der Waals surface area (Å²) in [7, 11) is 0. The van der Waals surface area contributed by atoms with Crippen molar-refractivity contribution in [2.75, 3.05) is 0 Å². The highest BCUT2D eigenvalue weighted by Gasteiger charge is 2.06. The van der Waals surface area contributed by atoms with Gasteiger partial charge < -0.3 is 4.74 Å². The van der Waals surface area contributed by atoms with Crippen molar-refractivity contribution in [1.82, 2.24) is 10.4 Å². The van der Waals surface area contributed by atoms with Crippen molar-refractivity contribution < 1.29 is 9.53 Å². The van der Waals surface area contributed by atoms with E-state index in [1.807, 2.05) is 60.7 Å². The molecule has 0 unspecified atom stereocenters. The zero-order valence-electron chi connectivity index (χ0n) is 16.0. The van der Waals surface area contributed by atoms with E-state index in [9.17, 15) is 4.79 Å². The number of carbonyl (C=O) groups excluding carboxylic acids is 1. The summed E-state index contributed by atoms with van der Waals surface area (Å²) in [4.78, 5) is 16.7. The van der Waals surface area contributed by atoms with Crippen LogP contribution in [0.1, 0.15) is 21.6 Å². The second-order valence-corrected chi connectivity index (χ2v) is 6.98. The van der Waals surface area contributed by atoms with Crippen LogP contribution in [0, 0.1) is 0 Å². The van der Waals surface area contributed by atoms with Gasteiger partial charge in [-0.15, -0.1) is 0 Å². The van der Waals surface area contributed by atoms with Crippen LogP contribution in [0.15, 0.2) is 90.0 Å². The molecule has 0 saturated carbocycles. The molecule has 1 amide bonds. The lowest BCUT2D eigenvalue weighted by Crippen LogP contribution is -2.17. The van der Waals surface area contributed by atoms with E-state index in [1.165, 1.54) is 6.21 Å². The summed E-state index contributed by atoms with van der Waals surface area (Å²) in [5.41, 5.74) is 5.39. The van der Waals surface area contributed by atoms with E-state index in [0.717, 1.165) is 16.5 Å². The number of hydrazone groups is 1. The van der Waals surface area contributed by atoms with Crippen LogP contribution in [-0.4, -0.2) is 17.1 Å². The summed E-state index contributed by atoms with van der Waals surface area (Å²) in [5, 5.41) is 5.54. The second-order valence-electron chi connectivity index (χ2n) is 6.54. The van der Waals surface area contributed by atoms with Gasteiger partial charge in [0, 0.05) is 16.0 Å². The Kier molecular flexibility index (Phi) is 6.01. The van der Waals surface area contributed by atoms with Gasteiger partial charge in [-0.3, -0.25) is 4.79 Å². The van der Waals surface area contributed by atoms with Crippen LogP contribution in [0.2, 0.25) is 5.02 Å². The lowest BCUT2D eigenvalue weighted by molar-refractivity contribution is 0.0955. The Hall–Kier alpha value is -3.70. The highest BCUT2D eigenvalue weighted by molar-refractivity contribution is 6.30. The summed E-state index contributed by atoms with van der Waals surface area (Å²) in [5.74, 6) is 0.368. The number of hydrogen-bond donors (Lipinski definition) is 1. The zero-order chi connectivity index (χ0) is 20.8. The number of fused-ring (bicyclic) bond motifs is 1. The highest BCUT2D eigenvalue weighted by Crippen LogP contribution is 2.24. The van der Waals surface area contributed by atoms with Crippen LogP contribution in [0.3, 0.4) is 0 Å². The number of amides is 1. The number of para-hydroxylation sites is 1. The quantitative estimate of drug-likeness (QED) is 0.346. The number of nitrogens with zero attached hydrogens (tertiary/aromatic N) is 2. The summed E-state index contributed by atoms with van der Waals surface area (Å²) in [6.07, 6.45) is 1.50. The maximum atomic E-state index is 12.1. The zero-order valence-corrected chi connectivity index (χ0v) is 16.7. The van der Waals surface area contributed by atoms with Gasteiger partial charge in [-0.1, -0.05) is 60.1 Å². The summed E-state index contributed by atoms with van der Waals surface area (Å²) < 4.78 is 5.98. The number of aromatic nitrogens is 1. The van der Waals surface area contributed by atoms with Gasteiger partial charge in [-0.25, -0.2) is 10.4 Å². The summed E-state index contributed by atoms with van der Waals surface area (Å²) >= 11 is 5.84. The topological polar surface area (TPSA) is 63.6 Å². The molecule has 4 rings (SSSR count). The molecular formula is C24H18ClN3O2. The van der Waals surface area contributed by atoms with Crippen LogP contribution < -0.4 is 10.2 Å². The molecule has 4 aromatic rings. The highest BCUT2D eigenvalue weighted by atomic mass is 35.5. The van der Waals surface area contributed by atoms with Crippen molar-refractivity contribution in [3.05, 3.63) is 107 Å². The third-order valence-electron chi connectivity index (χ3n) is 4.41. The molecule has 148 valence electrons. The number of halogens is 1. The van der Waals surface area contributed by atoms with Crippen molar-refractivity contribution in [3.8, 4) is 5.75 Å². The molecule has 0 spiro atoms. The van der Waals surface area contributed by atoms with E-state index in [1.54, 1.807) is 24.3 Å². The lowest BCUT2D eigenvalue weighted by Gasteiger charge is -2.09. The average Bonchev–Trinajstić information content (AvgIpc) is 2.78. The average molecular weight is 416 g/mol. The number of benzene rings is 3. The molecule has 0 saturated heterocycles. The fourth-order valence-electron chi connectivity index (χ4n) is 2.88. The van der Waals surface area contributed by atoms with E-state index < -0.39 is 0 Å². The van der Waals surface area contributed by atoms with Crippen LogP contribution in [0.25, 0.3) is 10.9 Å². The number of carbonyl (C=O) groups is 1. The standard InChI is InChI=1S/C24H18ClN3O2/c25-20-12-9-19(10-13-20)24(29)28-26-15-21-14-11-18-7-4-8-22(23(18)27-21)30-16-17-5-2-1-3-6-17/h1-15H,16H2,(H,28,29)/b26-15-. The molecule has 1 heterocycles. The van der Waals surface area contributed by atoms with E-state index in [0.29, 0.717) is 28.6 Å². The number of pyridine rings is 1. The Bertz CT molecular complexity index is 1190. The molecule has 0 aliphatic heterocycles. The fraction of sp³-hybridized carbons (Fsp3) is 0.0417. The normalized spacial score (nSPS) is 11.0. The largest absolute Gasteiger partial charge is 0.487 e. The Morgan fingerprint density at radius 3 is 2.57 bits per heavy atom. The number of nitrogens with one attached hydrogen (secondary N) is 1. The van der Waals surface area contributed by atoms with Gasteiger partial charge in [0.2, 0.25) is 0 Å². The molecule has 1 aromatic heterocycles. The Morgan fingerprint density at radius 2 is 1.77 bits per heavy atom. The molecule has 5 nitrogen and oxygen atoms in total. The molecule has 0 radical (unpaired) electrons. The van der Waals surface area contributed by atoms with Crippen molar-refractivity contribution in [1.29, 1.82) is 0 Å². The molecule has 0 aliphatic rings. The maximum absolute atomic E-state index is 12.1. The van der Waals surface area contributed by atoms with Crippen LogP contribution in [0.5, 0.6) is 5.75 Å². The molecule has 0 atom stereocenters. The monoisotopic (exact) mass is 415 g/mol. The van der Waals surface area contributed by atoms with Gasteiger partial charge >= 0.3 is 0 Å². The van der Waals surface area contributed by atoms with Crippen molar-refractivity contribution in [2.24, 2.45) is 5.10 Å². The summed E-state index contributed by atoms with van der Waals surface area (Å²) in [6, 6.07) is 26.1. The van der Waals surface area contributed by atoms with Gasteiger partial charge in [-0.05, 0) is 42.0 Å². The first kappa shape index (κ1) is 19.6. The predicted molar refractivity (Wildman–Crippen MR) is 119 cm³/mol. The first-order valence-corrected chi connectivity index (χ1v) is 9.72.